The predicted octanol–water partition coefficient (Wildman–Crippen LogP) is 4.69. The van der Waals surface area contributed by atoms with Crippen molar-refractivity contribution in [1.82, 2.24) is 0 Å². The fourth-order valence-electron chi connectivity index (χ4n) is 2.93. The number of hydrogen-bond acceptors (Lipinski definition) is 2. The number of aryl methyl sites for hydroxylation is 2. The molecule has 0 saturated carbocycles. The SMILES string of the molecule is CNc1cc2cc3ccc(NC)c(C)c3cc2cc1C. The zero-order chi connectivity index (χ0) is 14.3. The highest BCUT2D eigenvalue weighted by molar-refractivity contribution is 6.02. The molecule has 0 saturated heterocycles. The molecule has 0 fully saturated rings. The van der Waals surface area contributed by atoms with Gasteiger partial charge in [0.15, 0.2) is 0 Å². The molecule has 0 atom stereocenters. The molecule has 3 rings (SSSR count). The van der Waals surface area contributed by atoms with Gasteiger partial charge < -0.3 is 10.6 Å². The molecule has 0 aromatic heterocycles. The lowest BCUT2D eigenvalue weighted by atomic mass is 9.97. The number of nitrogens with one attached hydrogen (secondary N) is 2. The van der Waals surface area contributed by atoms with Gasteiger partial charge in [0.1, 0.15) is 0 Å². The lowest BCUT2D eigenvalue weighted by Crippen LogP contribution is -1.94. The minimum absolute atomic E-state index is 1.19. The van der Waals surface area contributed by atoms with Crippen LogP contribution in [0.3, 0.4) is 0 Å². The number of benzene rings is 3. The van der Waals surface area contributed by atoms with E-state index in [-0.39, 0.29) is 0 Å². The van der Waals surface area contributed by atoms with Gasteiger partial charge in [-0.25, -0.2) is 0 Å². The van der Waals surface area contributed by atoms with Gasteiger partial charge >= 0.3 is 0 Å². The van der Waals surface area contributed by atoms with Gasteiger partial charge in [-0.1, -0.05) is 6.07 Å². The molecule has 0 amide bonds. The Balaban J connectivity index is 2.37. The highest BCUT2D eigenvalue weighted by Gasteiger charge is 2.06. The Bertz CT molecular complexity index is 801. The second-order valence-corrected chi connectivity index (χ2v) is 5.33. The first kappa shape index (κ1) is 12.8. The van der Waals surface area contributed by atoms with Crippen molar-refractivity contribution in [2.45, 2.75) is 13.8 Å². The smallest absolute Gasteiger partial charge is 0.0373 e. The van der Waals surface area contributed by atoms with Gasteiger partial charge in [0.05, 0.1) is 0 Å². The molecule has 0 spiro atoms. The molecule has 20 heavy (non-hydrogen) atoms. The molecule has 3 aromatic rings. The molecular formula is C18H20N2. The van der Waals surface area contributed by atoms with E-state index in [2.05, 4.69) is 60.9 Å². The summed E-state index contributed by atoms with van der Waals surface area (Å²) >= 11 is 0. The fraction of sp³-hybridized carbons (Fsp3) is 0.222. The summed E-state index contributed by atoms with van der Waals surface area (Å²) in [5, 5.41) is 11.7. The Kier molecular flexibility index (Phi) is 3.01. The summed E-state index contributed by atoms with van der Waals surface area (Å²) in [7, 11) is 3.94. The van der Waals surface area contributed by atoms with Crippen LogP contribution in [0.1, 0.15) is 11.1 Å². The topological polar surface area (TPSA) is 24.1 Å². The van der Waals surface area contributed by atoms with Crippen molar-refractivity contribution in [1.29, 1.82) is 0 Å². The van der Waals surface area contributed by atoms with E-state index in [1.807, 2.05) is 14.1 Å². The van der Waals surface area contributed by atoms with E-state index >= 15 is 0 Å². The van der Waals surface area contributed by atoms with Gasteiger partial charge in [0, 0.05) is 25.5 Å². The third-order valence-corrected chi connectivity index (χ3v) is 4.13. The fourth-order valence-corrected chi connectivity index (χ4v) is 2.93. The summed E-state index contributed by atoms with van der Waals surface area (Å²) in [4.78, 5) is 0. The number of hydrogen-bond donors (Lipinski definition) is 2. The Morgan fingerprint density at radius 3 is 2.10 bits per heavy atom. The lowest BCUT2D eigenvalue weighted by Gasteiger charge is -2.12. The second-order valence-electron chi connectivity index (χ2n) is 5.33. The largest absolute Gasteiger partial charge is 0.388 e. The third-order valence-electron chi connectivity index (χ3n) is 4.13. The number of fused-ring (bicyclic) bond motifs is 2. The van der Waals surface area contributed by atoms with Crippen LogP contribution in [-0.2, 0) is 0 Å². The first-order valence-electron chi connectivity index (χ1n) is 6.97. The third kappa shape index (κ3) is 1.88. The van der Waals surface area contributed by atoms with Gasteiger partial charge in [-0.05, 0) is 76.9 Å². The van der Waals surface area contributed by atoms with E-state index in [4.69, 9.17) is 0 Å². The average molecular weight is 264 g/mol. The van der Waals surface area contributed by atoms with Gasteiger partial charge in [0.2, 0.25) is 0 Å². The highest BCUT2D eigenvalue weighted by Crippen LogP contribution is 2.31. The molecule has 2 N–H and O–H groups in total. The maximum absolute atomic E-state index is 3.26. The van der Waals surface area contributed by atoms with Gasteiger partial charge in [-0.15, -0.1) is 0 Å². The second kappa shape index (κ2) is 4.71. The molecule has 0 aliphatic rings. The van der Waals surface area contributed by atoms with Crippen LogP contribution in [0, 0.1) is 13.8 Å². The Morgan fingerprint density at radius 1 is 0.700 bits per heavy atom. The summed E-state index contributed by atoms with van der Waals surface area (Å²) in [5.41, 5.74) is 4.98. The Hall–Kier alpha value is -2.22. The van der Waals surface area contributed by atoms with Gasteiger partial charge in [0.25, 0.3) is 0 Å². The van der Waals surface area contributed by atoms with Crippen molar-refractivity contribution in [3.8, 4) is 0 Å². The van der Waals surface area contributed by atoms with E-state index in [1.54, 1.807) is 0 Å². The first-order chi connectivity index (χ1) is 9.63. The highest BCUT2D eigenvalue weighted by atomic mass is 14.8. The molecule has 2 heteroatoms. The maximum atomic E-state index is 3.26. The summed E-state index contributed by atoms with van der Waals surface area (Å²) in [6.07, 6.45) is 0. The van der Waals surface area contributed by atoms with Crippen molar-refractivity contribution in [2.75, 3.05) is 24.7 Å². The van der Waals surface area contributed by atoms with Crippen LogP contribution >= 0.6 is 0 Å². The normalized spacial score (nSPS) is 11.0. The minimum atomic E-state index is 1.19. The quantitative estimate of drug-likeness (QED) is 0.656. The van der Waals surface area contributed by atoms with Gasteiger partial charge in [-0.2, -0.15) is 0 Å². The van der Waals surface area contributed by atoms with Crippen molar-refractivity contribution < 1.29 is 0 Å². The molecule has 2 nitrogen and oxygen atoms in total. The number of rotatable bonds is 2. The molecular weight excluding hydrogens is 244 g/mol. The zero-order valence-corrected chi connectivity index (χ0v) is 12.5. The lowest BCUT2D eigenvalue weighted by molar-refractivity contribution is 1.42. The van der Waals surface area contributed by atoms with E-state index in [0.717, 1.165) is 0 Å². The van der Waals surface area contributed by atoms with E-state index in [9.17, 15) is 0 Å². The Morgan fingerprint density at radius 2 is 1.40 bits per heavy atom. The van der Waals surface area contributed by atoms with Crippen molar-refractivity contribution >= 4 is 32.9 Å². The van der Waals surface area contributed by atoms with E-state index < -0.39 is 0 Å². The molecule has 0 unspecified atom stereocenters. The minimum Gasteiger partial charge on any atom is -0.388 e. The van der Waals surface area contributed by atoms with Crippen LogP contribution in [0.2, 0.25) is 0 Å². The monoisotopic (exact) mass is 264 g/mol. The van der Waals surface area contributed by atoms with E-state index in [0.29, 0.717) is 0 Å². The van der Waals surface area contributed by atoms with Gasteiger partial charge in [-0.3, -0.25) is 0 Å². The summed E-state index contributed by atoms with van der Waals surface area (Å²) in [6.45, 7) is 4.32. The van der Waals surface area contributed by atoms with Crippen molar-refractivity contribution in [3.63, 3.8) is 0 Å². The predicted molar refractivity (Wildman–Crippen MR) is 90.0 cm³/mol. The number of anilines is 2. The van der Waals surface area contributed by atoms with Crippen molar-refractivity contribution in [2.24, 2.45) is 0 Å². The first-order valence-corrected chi connectivity index (χ1v) is 6.97. The molecule has 3 aromatic carbocycles. The van der Waals surface area contributed by atoms with Crippen LogP contribution in [0.25, 0.3) is 21.5 Å². The van der Waals surface area contributed by atoms with Crippen LogP contribution in [0.15, 0.2) is 36.4 Å². The molecule has 0 aliphatic heterocycles. The Labute approximate surface area is 119 Å². The maximum Gasteiger partial charge on any atom is 0.0373 e. The molecule has 0 aliphatic carbocycles. The molecule has 102 valence electrons. The average Bonchev–Trinajstić information content (AvgIpc) is 2.46. The van der Waals surface area contributed by atoms with Crippen LogP contribution < -0.4 is 10.6 Å². The summed E-state index contributed by atoms with van der Waals surface area (Å²) < 4.78 is 0. The summed E-state index contributed by atoms with van der Waals surface area (Å²) in [5.74, 6) is 0. The van der Waals surface area contributed by atoms with Crippen LogP contribution in [-0.4, -0.2) is 14.1 Å². The van der Waals surface area contributed by atoms with Crippen LogP contribution in [0.5, 0.6) is 0 Å². The van der Waals surface area contributed by atoms with Crippen LogP contribution in [0.4, 0.5) is 11.4 Å². The molecule has 0 bridgehead atoms. The molecule has 0 heterocycles. The summed E-state index contributed by atoms with van der Waals surface area (Å²) in [6, 6.07) is 13.4. The van der Waals surface area contributed by atoms with E-state index in [1.165, 1.54) is 44.0 Å². The molecule has 0 radical (unpaired) electrons. The van der Waals surface area contributed by atoms with Crippen molar-refractivity contribution in [3.05, 3.63) is 47.5 Å². The standard InChI is InChI=1S/C18H20N2/c1-11-7-14-9-16-12(2)17(19-3)6-5-13(16)8-15(14)10-18(11)20-4/h5-10,19-20H,1-4H3. The zero-order valence-electron chi connectivity index (χ0n) is 12.5.